The fraction of sp³-hybridized carbons (Fsp3) is 0.500. The van der Waals surface area contributed by atoms with Gasteiger partial charge < -0.3 is 14.2 Å². The Morgan fingerprint density at radius 3 is 2.50 bits per heavy atom. The van der Waals surface area contributed by atoms with Gasteiger partial charge in [0.25, 0.3) is 5.91 Å². The van der Waals surface area contributed by atoms with Crippen molar-refractivity contribution in [3.05, 3.63) is 42.0 Å². The van der Waals surface area contributed by atoms with Crippen molar-refractivity contribution in [1.29, 1.82) is 0 Å². The number of hydrogen-bond acceptors (Lipinski definition) is 5. The number of rotatable bonds is 6. The summed E-state index contributed by atoms with van der Waals surface area (Å²) in [6.45, 7) is 9.33. The molecule has 26 heavy (non-hydrogen) atoms. The van der Waals surface area contributed by atoms with Crippen molar-refractivity contribution in [2.45, 2.75) is 58.7 Å². The second-order valence-corrected chi connectivity index (χ2v) is 7.03. The van der Waals surface area contributed by atoms with Crippen molar-refractivity contribution in [3.8, 4) is 0 Å². The summed E-state index contributed by atoms with van der Waals surface area (Å²) >= 11 is 0. The van der Waals surface area contributed by atoms with Crippen molar-refractivity contribution in [3.63, 3.8) is 0 Å². The molecule has 1 saturated heterocycles. The normalized spacial score (nSPS) is 21.6. The molecule has 2 amide bonds. The van der Waals surface area contributed by atoms with Gasteiger partial charge in [-0.05, 0) is 40.2 Å². The highest BCUT2D eigenvalue weighted by Gasteiger charge is 2.52. The lowest BCUT2D eigenvalue weighted by atomic mass is 9.97. The maximum absolute atomic E-state index is 12.5. The summed E-state index contributed by atoms with van der Waals surface area (Å²) in [7, 11) is 0. The fourth-order valence-electron chi connectivity index (χ4n) is 2.59. The third kappa shape index (κ3) is 5.16. The van der Waals surface area contributed by atoms with Gasteiger partial charge in [-0.25, -0.2) is 9.69 Å². The highest BCUT2D eigenvalue weighted by atomic mass is 16.7. The number of β-lactam (4-membered cyclic amide) rings is 1. The van der Waals surface area contributed by atoms with Gasteiger partial charge in [0.1, 0.15) is 5.60 Å². The molecular formula is C20H27NO5. The average Bonchev–Trinajstić information content (AvgIpc) is 2.55. The lowest BCUT2D eigenvalue weighted by Crippen LogP contribution is -2.67. The van der Waals surface area contributed by atoms with Crippen LogP contribution >= 0.6 is 0 Å². The highest BCUT2D eigenvalue weighted by Crippen LogP contribution is 2.28. The second-order valence-electron chi connectivity index (χ2n) is 7.03. The van der Waals surface area contributed by atoms with Crippen molar-refractivity contribution < 1.29 is 23.8 Å². The van der Waals surface area contributed by atoms with Crippen LogP contribution in [0.3, 0.4) is 0 Å². The summed E-state index contributed by atoms with van der Waals surface area (Å²) in [6.07, 6.45) is 1.65. The van der Waals surface area contributed by atoms with Gasteiger partial charge in [0.15, 0.2) is 12.4 Å². The molecule has 2 rings (SSSR count). The summed E-state index contributed by atoms with van der Waals surface area (Å²) in [5.41, 5.74) is 0.280. The largest absolute Gasteiger partial charge is 0.443 e. The van der Waals surface area contributed by atoms with Gasteiger partial charge in [0.2, 0.25) is 0 Å². The van der Waals surface area contributed by atoms with Crippen LogP contribution in [0.15, 0.2) is 36.4 Å². The van der Waals surface area contributed by atoms with Crippen LogP contribution < -0.4 is 0 Å². The molecule has 1 aromatic carbocycles. The number of amides is 2. The molecule has 0 spiro atoms. The third-order valence-electron chi connectivity index (χ3n) is 3.70. The number of carbonyl (C=O) groups is 2. The van der Waals surface area contributed by atoms with Crippen molar-refractivity contribution in [2.75, 3.05) is 6.61 Å². The maximum Gasteiger partial charge on any atom is 0.417 e. The van der Waals surface area contributed by atoms with Gasteiger partial charge in [-0.3, -0.25) is 4.79 Å². The van der Waals surface area contributed by atoms with Crippen LogP contribution in [-0.4, -0.2) is 47.5 Å². The molecule has 6 nitrogen and oxygen atoms in total. The van der Waals surface area contributed by atoms with Gasteiger partial charge >= 0.3 is 6.09 Å². The molecule has 1 aliphatic heterocycles. The first-order valence-electron chi connectivity index (χ1n) is 8.79. The highest BCUT2D eigenvalue weighted by molar-refractivity contribution is 6.02. The van der Waals surface area contributed by atoms with Crippen LogP contribution in [0.1, 0.15) is 40.2 Å². The average molecular weight is 361 g/mol. The zero-order valence-corrected chi connectivity index (χ0v) is 16.0. The molecule has 1 fully saturated rings. The van der Waals surface area contributed by atoms with E-state index in [1.807, 2.05) is 43.3 Å². The van der Waals surface area contributed by atoms with E-state index in [2.05, 4.69) is 0 Å². The van der Waals surface area contributed by atoms with E-state index in [1.54, 1.807) is 33.8 Å². The van der Waals surface area contributed by atoms with Crippen LogP contribution in [0.2, 0.25) is 0 Å². The quantitative estimate of drug-likeness (QED) is 0.572. The predicted octanol–water partition coefficient (Wildman–Crippen LogP) is 3.61. The van der Waals surface area contributed by atoms with Gasteiger partial charge in [-0.15, -0.1) is 0 Å². The van der Waals surface area contributed by atoms with Crippen LogP contribution in [0.5, 0.6) is 0 Å². The number of hydrogen-bond donors (Lipinski definition) is 0. The first kappa shape index (κ1) is 20.1. The van der Waals surface area contributed by atoms with Crippen LogP contribution in [-0.2, 0) is 19.0 Å². The lowest BCUT2D eigenvalue weighted by molar-refractivity contribution is -0.205. The summed E-state index contributed by atoms with van der Waals surface area (Å²) in [5.74, 6) is -0.423. The summed E-state index contributed by atoms with van der Waals surface area (Å²) in [5, 5.41) is 0. The summed E-state index contributed by atoms with van der Waals surface area (Å²) < 4.78 is 16.4. The predicted molar refractivity (Wildman–Crippen MR) is 98.3 cm³/mol. The van der Waals surface area contributed by atoms with Gasteiger partial charge in [0, 0.05) is 6.61 Å². The van der Waals surface area contributed by atoms with Crippen molar-refractivity contribution >= 4 is 18.1 Å². The summed E-state index contributed by atoms with van der Waals surface area (Å²) in [6, 6.07) is 9.10. The lowest BCUT2D eigenvalue weighted by Gasteiger charge is -2.44. The number of ether oxygens (including phenoxy) is 3. The standard InChI is InChI=1S/C20H27NO5/c1-6-24-14(2)25-17-16(13-12-15-10-8-7-9-11-15)21(18(17)22)19(23)26-20(3,4)5/h7-14,16-17H,6H2,1-5H3/t14?,16-,17+/m0/s1. The molecule has 0 aliphatic carbocycles. The molecule has 0 aromatic heterocycles. The second kappa shape index (κ2) is 8.47. The number of imide groups is 1. The van der Waals surface area contributed by atoms with E-state index in [1.165, 1.54) is 0 Å². The molecule has 142 valence electrons. The molecular weight excluding hydrogens is 334 g/mol. The molecule has 6 heteroatoms. The van der Waals surface area contributed by atoms with E-state index >= 15 is 0 Å². The first-order chi connectivity index (χ1) is 12.2. The molecule has 3 atom stereocenters. The van der Waals surface area contributed by atoms with E-state index in [0.29, 0.717) is 6.61 Å². The van der Waals surface area contributed by atoms with E-state index in [0.717, 1.165) is 10.5 Å². The Labute approximate surface area is 154 Å². The molecule has 0 radical (unpaired) electrons. The van der Waals surface area contributed by atoms with Crippen molar-refractivity contribution in [2.24, 2.45) is 0 Å². The molecule has 0 bridgehead atoms. The Bertz CT molecular complexity index is 650. The topological polar surface area (TPSA) is 65.1 Å². The van der Waals surface area contributed by atoms with Gasteiger partial charge in [-0.2, -0.15) is 0 Å². The van der Waals surface area contributed by atoms with Crippen LogP contribution in [0.4, 0.5) is 4.79 Å². The Kier molecular flexibility index (Phi) is 6.56. The molecule has 0 saturated carbocycles. The third-order valence-corrected chi connectivity index (χ3v) is 3.70. The molecule has 1 aliphatic rings. The Morgan fingerprint density at radius 1 is 1.27 bits per heavy atom. The van der Waals surface area contributed by atoms with E-state index in [9.17, 15) is 9.59 Å². The number of nitrogens with zero attached hydrogens (tertiary/aromatic N) is 1. The van der Waals surface area contributed by atoms with Crippen molar-refractivity contribution in [1.82, 2.24) is 4.90 Å². The Morgan fingerprint density at radius 2 is 1.92 bits per heavy atom. The minimum Gasteiger partial charge on any atom is -0.443 e. The van der Waals surface area contributed by atoms with E-state index in [-0.39, 0.29) is 0 Å². The van der Waals surface area contributed by atoms with Gasteiger partial charge in [-0.1, -0.05) is 42.5 Å². The van der Waals surface area contributed by atoms with E-state index in [4.69, 9.17) is 14.2 Å². The fourth-order valence-corrected chi connectivity index (χ4v) is 2.59. The maximum atomic E-state index is 12.5. The van der Waals surface area contributed by atoms with Gasteiger partial charge in [0.05, 0.1) is 6.04 Å². The summed E-state index contributed by atoms with van der Waals surface area (Å²) in [4.78, 5) is 25.9. The SMILES string of the molecule is CCOC(C)O[C@H]1C(=O)N(C(=O)OC(C)(C)C)[C@H]1C=Cc1ccccc1. The zero-order chi connectivity index (χ0) is 19.3. The Balaban J connectivity index is 2.17. The minimum absolute atomic E-state index is 0.423. The monoisotopic (exact) mass is 361 g/mol. The van der Waals surface area contributed by atoms with Crippen LogP contribution in [0, 0.1) is 0 Å². The molecule has 1 aromatic rings. The number of carbonyl (C=O) groups excluding carboxylic acids is 2. The number of benzene rings is 1. The van der Waals surface area contributed by atoms with Crippen LogP contribution in [0.25, 0.3) is 6.08 Å². The zero-order valence-electron chi connectivity index (χ0n) is 16.0. The first-order valence-corrected chi connectivity index (χ1v) is 8.79. The molecule has 1 unspecified atom stereocenters. The number of likely N-dealkylation sites (tertiary alicyclic amines) is 1. The molecule has 0 N–H and O–H groups in total. The smallest absolute Gasteiger partial charge is 0.417 e. The Hall–Kier alpha value is -2.18. The minimum atomic E-state index is -0.774. The van der Waals surface area contributed by atoms with E-state index < -0.39 is 36.0 Å². The molecule has 1 heterocycles.